The molecule has 0 saturated carbocycles. The Morgan fingerprint density at radius 2 is 1.86 bits per heavy atom. The van der Waals surface area contributed by atoms with Crippen LogP contribution in [0.4, 0.5) is 10.2 Å². The van der Waals surface area contributed by atoms with Gasteiger partial charge in [-0.2, -0.15) is 10.5 Å². The molecule has 0 unspecified atom stereocenters. The number of anilines is 1. The summed E-state index contributed by atoms with van der Waals surface area (Å²) in [5, 5.41) is 37.1. The number of hydrogen-bond acceptors (Lipinski definition) is 6. The van der Waals surface area contributed by atoms with Crippen molar-refractivity contribution in [3.63, 3.8) is 0 Å². The summed E-state index contributed by atoms with van der Waals surface area (Å²) in [4.78, 5) is 14.0. The zero-order valence-electron chi connectivity index (χ0n) is 11.0. The van der Waals surface area contributed by atoms with E-state index in [0.29, 0.717) is 0 Å². The number of benzene rings is 1. The molecule has 0 aliphatic carbocycles. The largest absolute Gasteiger partial charge is 0.489 e. The molecule has 9 heteroatoms. The summed E-state index contributed by atoms with van der Waals surface area (Å²) < 4.78 is 13.5. The van der Waals surface area contributed by atoms with Crippen molar-refractivity contribution in [1.29, 1.82) is 10.5 Å². The molecule has 0 atom stereocenters. The van der Waals surface area contributed by atoms with Crippen molar-refractivity contribution >= 4 is 18.4 Å². The smallest absolute Gasteiger partial charge is 0.423 e. The second-order valence-electron chi connectivity index (χ2n) is 4.32. The molecule has 108 valence electrons. The topological polar surface area (TPSA) is 147 Å². The van der Waals surface area contributed by atoms with E-state index in [1.54, 1.807) is 12.1 Å². The van der Waals surface area contributed by atoms with Crippen LogP contribution in [0.15, 0.2) is 23.0 Å². The fourth-order valence-corrected chi connectivity index (χ4v) is 2.08. The van der Waals surface area contributed by atoms with E-state index >= 15 is 0 Å². The van der Waals surface area contributed by atoms with Crippen molar-refractivity contribution in [2.45, 2.75) is 0 Å². The molecule has 1 aromatic heterocycles. The quantitative estimate of drug-likeness (QED) is 0.533. The lowest BCUT2D eigenvalue weighted by Gasteiger charge is -2.13. The zero-order valence-corrected chi connectivity index (χ0v) is 11.0. The highest BCUT2D eigenvalue weighted by atomic mass is 19.1. The van der Waals surface area contributed by atoms with Crippen molar-refractivity contribution in [3.05, 3.63) is 45.5 Å². The minimum atomic E-state index is -1.99. The Morgan fingerprint density at radius 3 is 2.41 bits per heavy atom. The van der Waals surface area contributed by atoms with Gasteiger partial charge in [0.05, 0.1) is 0 Å². The Kier molecular flexibility index (Phi) is 3.95. The second-order valence-corrected chi connectivity index (χ2v) is 4.32. The molecule has 5 N–H and O–H groups in total. The number of aromatic amines is 1. The Balaban J connectivity index is 3.02. The van der Waals surface area contributed by atoms with Crippen LogP contribution in [-0.4, -0.2) is 22.2 Å². The Labute approximate surface area is 123 Å². The molecule has 0 amide bonds. The van der Waals surface area contributed by atoms with Gasteiger partial charge in [0.25, 0.3) is 5.56 Å². The third-order valence-corrected chi connectivity index (χ3v) is 3.03. The van der Waals surface area contributed by atoms with E-state index in [-0.39, 0.29) is 28.0 Å². The number of H-pyrrole nitrogens is 1. The SMILES string of the molecule is N#Cc1c(N)[nH]c(=O)c(C#N)c1-c1cc(F)ccc1B(O)O. The van der Waals surface area contributed by atoms with Crippen LogP contribution in [0.3, 0.4) is 0 Å². The molecule has 7 nitrogen and oxygen atoms in total. The first-order chi connectivity index (χ1) is 10.4. The number of pyridine rings is 1. The number of aromatic nitrogens is 1. The van der Waals surface area contributed by atoms with Gasteiger partial charge in [0, 0.05) is 5.56 Å². The standard InChI is InChI=1S/C13H8BFN4O3/c15-6-1-2-10(14(21)22)7(3-6)11-8(4-16)12(18)19-13(20)9(11)5-17/h1-3,21-22H,(H3,18,19,20). The van der Waals surface area contributed by atoms with Crippen molar-refractivity contribution in [3.8, 4) is 23.3 Å². The van der Waals surface area contributed by atoms with Crippen molar-refractivity contribution in [2.75, 3.05) is 5.73 Å². The lowest BCUT2D eigenvalue weighted by Crippen LogP contribution is -2.32. The molecule has 0 fully saturated rings. The molecule has 0 saturated heterocycles. The molecule has 0 bridgehead atoms. The van der Waals surface area contributed by atoms with Crippen LogP contribution in [0, 0.1) is 28.5 Å². The van der Waals surface area contributed by atoms with Crippen LogP contribution in [-0.2, 0) is 0 Å². The van der Waals surface area contributed by atoms with Crippen LogP contribution < -0.4 is 16.8 Å². The maximum Gasteiger partial charge on any atom is 0.489 e. The summed E-state index contributed by atoms with van der Waals surface area (Å²) in [5.41, 5.74) is 3.38. The normalized spacial score (nSPS) is 9.86. The van der Waals surface area contributed by atoms with Gasteiger partial charge in [-0.1, -0.05) is 6.07 Å². The van der Waals surface area contributed by atoms with Crippen LogP contribution in [0.1, 0.15) is 11.1 Å². The summed E-state index contributed by atoms with van der Waals surface area (Å²) in [6.07, 6.45) is 0. The first-order valence-electron chi connectivity index (χ1n) is 5.92. The molecule has 2 rings (SSSR count). The number of rotatable bonds is 2. The highest BCUT2D eigenvalue weighted by molar-refractivity contribution is 6.60. The molecule has 0 aliphatic rings. The molecule has 0 radical (unpaired) electrons. The van der Waals surface area contributed by atoms with Crippen LogP contribution in [0.25, 0.3) is 11.1 Å². The Bertz CT molecular complexity index is 896. The van der Waals surface area contributed by atoms with E-state index in [0.717, 1.165) is 18.2 Å². The first-order valence-corrected chi connectivity index (χ1v) is 5.92. The molecular weight excluding hydrogens is 290 g/mol. The Morgan fingerprint density at radius 1 is 1.23 bits per heavy atom. The fourth-order valence-electron chi connectivity index (χ4n) is 2.08. The molecule has 1 heterocycles. The van der Waals surface area contributed by atoms with Crippen molar-refractivity contribution < 1.29 is 14.4 Å². The number of hydrogen-bond donors (Lipinski definition) is 4. The Hall–Kier alpha value is -3.14. The maximum absolute atomic E-state index is 13.5. The van der Waals surface area contributed by atoms with E-state index in [1.807, 2.05) is 0 Å². The average molecular weight is 298 g/mol. The summed E-state index contributed by atoms with van der Waals surface area (Å²) in [6.45, 7) is 0. The number of nitrogens with one attached hydrogen (secondary N) is 1. The van der Waals surface area contributed by atoms with Gasteiger partial charge in [0.2, 0.25) is 0 Å². The summed E-state index contributed by atoms with van der Waals surface area (Å²) in [6, 6.07) is 6.28. The van der Waals surface area contributed by atoms with Crippen molar-refractivity contribution in [2.24, 2.45) is 0 Å². The van der Waals surface area contributed by atoms with Crippen LogP contribution >= 0.6 is 0 Å². The summed E-state index contributed by atoms with van der Waals surface area (Å²) in [5.74, 6) is -1.05. The average Bonchev–Trinajstić information content (AvgIpc) is 2.46. The minimum Gasteiger partial charge on any atom is -0.423 e. The van der Waals surface area contributed by atoms with Crippen LogP contribution in [0.5, 0.6) is 0 Å². The highest BCUT2D eigenvalue weighted by Crippen LogP contribution is 2.27. The molecule has 1 aromatic carbocycles. The van der Waals surface area contributed by atoms with Gasteiger partial charge in [-0.15, -0.1) is 0 Å². The van der Waals surface area contributed by atoms with Gasteiger partial charge in [0.15, 0.2) is 0 Å². The summed E-state index contributed by atoms with van der Waals surface area (Å²) >= 11 is 0. The number of nitrogens with zero attached hydrogens (tertiary/aromatic N) is 2. The predicted octanol–water partition coefficient (Wildman–Crippen LogP) is -0.814. The van der Waals surface area contributed by atoms with Gasteiger partial charge in [0.1, 0.15) is 34.9 Å². The van der Waals surface area contributed by atoms with Gasteiger partial charge < -0.3 is 20.8 Å². The predicted molar refractivity (Wildman–Crippen MR) is 76.1 cm³/mol. The van der Waals surface area contributed by atoms with Crippen LogP contribution in [0.2, 0.25) is 0 Å². The van der Waals surface area contributed by atoms with Gasteiger partial charge >= 0.3 is 7.12 Å². The molecule has 2 aromatic rings. The minimum absolute atomic E-state index is 0.166. The molecule has 22 heavy (non-hydrogen) atoms. The fraction of sp³-hybridized carbons (Fsp3) is 0. The van der Waals surface area contributed by atoms with Gasteiger partial charge in [-0.25, -0.2) is 4.39 Å². The van der Waals surface area contributed by atoms with E-state index < -0.39 is 24.1 Å². The molecule has 0 spiro atoms. The lowest BCUT2D eigenvalue weighted by molar-refractivity contribution is 0.426. The van der Waals surface area contributed by atoms with Gasteiger partial charge in [-0.3, -0.25) is 4.79 Å². The van der Waals surface area contributed by atoms with Crippen molar-refractivity contribution in [1.82, 2.24) is 4.98 Å². The second kappa shape index (κ2) is 5.70. The first kappa shape index (κ1) is 15.3. The third kappa shape index (κ3) is 2.42. The van der Waals surface area contributed by atoms with E-state index in [9.17, 15) is 24.5 Å². The number of nitrogen functional groups attached to an aromatic ring is 1. The number of nitriles is 2. The lowest BCUT2D eigenvalue weighted by atomic mass is 9.74. The van der Waals surface area contributed by atoms with E-state index in [1.165, 1.54) is 0 Å². The van der Waals surface area contributed by atoms with E-state index in [4.69, 9.17) is 11.0 Å². The third-order valence-electron chi connectivity index (χ3n) is 3.03. The molecular formula is C13H8BFN4O3. The monoisotopic (exact) mass is 298 g/mol. The number of halogens is 1. The number of nitrogens with two attached hydrogens (primary N) is 1. The van der Waals surface area contributed by atoms with Gasteiger partial charge in [-0.05, 0) is 23.2 Å². The maximum atomic E-state index is 13.5. The highest BCUT2D eigenvalue weighted by Gasteiger charge is 2.24. The van der Waals surface area contributed by atoms with E-state index in [2.05, 4.69) is 4.98 Å². The zero-order chi connectivity index (χ0) is 16.4. The molecule has 0 aliphatic heterocycles. The summed E-state index contributed by atoms with van der Waals surface area (Å²) in [7, 11) is -1.99.